The molecule has 5 nitrogen and oxygen atoms in total. The first-order chi connectivity index (χ1) is 12.3. The summed E-state index contributed by atoms with van der Waals surface area (Å²) >= 11 is 13.2. The molecule has 2 aromatic carbocycles. The molecule has 0 spiro atoms. The third-order valence-corrected chi connectivity index (χ3v) is 4.87. The Kier molecular flexibility index (Phi) is 5.46. The van der Waals surface area contributed by atoms with E-state index in [1.54, 1.807) is 18.2 Å². The number of anilines is 2. The summed E-state index contributed by atoms with van der Waals surface area (Å²) in [6.07, 6.45) is 0. The van der Waals surface area contributed by atoms with Gasteiger partial charge in [-0.3, -0.25) is 4.79 Å². The van der Waals surface area contributed by atoms with Crippen LogP contribution >= 0.6 is 34.7 Å². The van der Waals surface area contributed by atoms with Crippen LogP contribution in [0.4, 0.5) is 10.7 Å². The van der Waals surface area contributed by atoms with Gasteiger partial charge >= 0.3 is 0 Å². The van der Waals surface area contributed by atoms with Gasteiger partial charge in [0.25, 0.3) is 5.91 Å². The van der Waals surface area contributed by atoms with Crippen molar-refractivity contribution in [2.75, 3.05) is 5.32 Å². The van der Waals surface area contributed by atoms with Gasteiger partial charge in [-0.15, -0.1) is 5.10 Å². The number of hydrogen-bond donors (Lipinski definition) is 2. The molecular weight excluding hydrogens is 391 g/mol. The maximum absolute atomic E-state index is 12.8. The highest BCUT2D eigenvalue weighted by Crippen LogP contribution is 2.27. The molecule has 134 valence electrons. The van der Waals surface area contributed by atoms with Crippen molar-refractivity contribution in [3.63, 3.8) is 0 Å². The highest BCUT2D eigenvalue weighted by Gasteiger charge is 2.26. The van der Waals surface area contributed by atoms with Gasteiger partial charge in [0.1, 0.15) is 5.00 Å². The van der Waals surface area contributed by atoms with E-state index in [-0.39, 0.29) is 11.6 Å². The van der Waals surface area contributed by atoms with Crippen LogP contribution in [0.3, 0.4) is 0 Å². The lowest BCUT2D eigenvalue weighted by molar-refractivity contribution is 0.0907. The molecule has 2 N–H and O–H groups in total. The van der Waals surface area contributed by atoms with Crippen LogP contribution in [-0.2, 0) is 5.54 Å². The topological polar surface area (TPSA) is 66.9 Å². The van der Waals surface area contributed by atoms with Gasteiger partial charge in [-0.2, -0.15) is 0 Å². The van der Waals surface area contributed by atoms with Gasteiger partial charge in [-0.05, 0) is 49.7 Å². The summed E-state index contributed by atoms with van der Waals surface area (Å²) in [5, 5.41) is 11.8. The number of amides is 1. The molecule has 0 saturated carbocycles. The lowest BCUT2D eigenvalue weighted by Gasteiger charge is -2.26. The number of hydrogen-bond acceptors (Lipinski definition) is 5. The maximum atomic E-state index is 12.8. The molecule has 0 bridgehead atoms. The third-order valence-electron chi connectivity index (χ3n) is 3.76. The first-order valence-electron chi connectivity index (χ1n) is 7.79. The van der Waals surface area contributed by atoms with E-state index in [1.165, 1.54) is 0 Å². The predicted octanol–water partition coefficient (Wildman–Crippen LogP) is 5.25. The van der Waals surface area contributed by atoms with E-state index in [4.69, 9.17) is 23.2 Å². The minimum atomic E-state index is -0.626. The maximum Gasteiger partial charge on any atom is 0.275 e. The Morgan fingerprint density at radius 3 is 2.46 bits per heavy atom. The molecule has 26 heavy (non-hydrogen) atoms. The van der Waals surface area contributed by atoms with Crippen molar-refractivity contribution in [2.24, 2.45) is 0 Å². The summed E-state index contributed by atoms with van der Waals surface area (Å²) in [4.78, 5) is 12.8. The summed E-state index contributed by atoms with van der Waals surface area (Å²) < 4.78 is 3.89. The molecule has 0 fully saturated rings. The second-order valence-electron chi connectivity index (χ2n) is 6.18. The van der Waals surface area contributed by atoms with Crippen molar-refractivity contribution in [3.05, 3.63) is 69.8 Å². The van der Waals surface area contributed by atoms with Gasteiger partial charge in [0.05, 0.1) is 5.54 Å². The van der Waals surface area contributed by atoms with E-state index in [1.807, 2.05) is 44.2 Å². The molecule has 3 aromatic rings. The zero-order valence-corrected chi connectivity index (χ0v) is 16.4. The average Bonchev–Trinajstić information content (AvgIpc) is 3.03. The van der Waals surface area contributed by atoms with Crippen LogP contribution in [0.1, 0.15) is 29.9 Å². The summed E-state index contributed by atoms with van der Waals surface area (Å²) in [6.45, 7) is 3.81. The first-order valence-corrected chi connectivity index (χ1v) is 9.31. The van der Waals surface area contributed by atoms with Crippen molar-refractivity contribution in [1.82, 2.24) is 14.9 Å². The number of nitrogens with one attached hydrogen (secondary N) is 2. The number of rotatable bonds is 5. The van der Waals surface area contributed by atoms with Crippen molar-refractivity contribution < 1.29 is 4.79 Å². The van der Waals surface area contributed by atoms with E-state index in [2.05, 4.69) is 20.2 Å². The smallest absolute Gasteiger partial charge is 0.275 e. The van der Waals surface area contributed by atoms with Gasteiger partial charge in [0.15, 0.2) is 5.69 Å². The Labute approximate surface area is 165 Å². The number of aromatic nitrogens is 2. The van der Waals surface area contributed by atoms with Crippen LogP contribution in [0.5, 0.6) is 0 Å². The molecule has 0 radical (unpaired) electrons. The van der Waals surface area contributed by atoms with Crippen molar-refractivity contribution >= 4 is 51.3 Å². The van der Waals surface area contributed by atoms with Crippen LogP contribution < -0.4 is 10.6 Å². The summed E-state index contributed by atoms with van der Waals surface area (Å²) in [5.74, 6) is -0.326. The second-order valence-corrected chi connectivity index (χ2v) is 7.80. The van der Waals surface area contributed by atoms with Crippen LogP contribution in [0.15, 0.2) is 48.5 Å². The van der Waals surface area contributed by atoms with E-state index < -0.39 is 5.54 Å². The number of carbonyl (C=O) groups excluding carboxylic acids is 1. The summed E-state index contributed by atoms with van der Waals surface area (Å²) in [5.41, 5.74) is 1.25. The second kappa shape index (κ2) is 7.61. The Morgan fingerprint density at radius 2 is 1.77 bits per heavy atom. The van der Waals surface area contributed by atoms with Gasteiger partial charge in [-0.1, -0.05) is 45.9 Å². The normalized spacial score (nSPS) is 11.2. The number of nitrogens with zero attached hydrogens (tertiary/aromatic N) is 2. The molecule has 0 aliphatic rings. The molecule has 0 unspecified atom stereocenters. The molecule has 3 rings (SSSR count). The largest absolute Gasteiger partial charge is 0.344 e. The van der Waals surface area contributed by atoms with Gasteiger partial charge in [-0.25, -0.2) is 0 Å². The van der Waals surface area contributed by atoms with Crippen LogP contribution in [0.2, 0.25) is 10.0 Å². The Hall–Kier alpha value is -2.15. The first kappa shape index (κ1) is 18.6. The predicted molar refractivity (Wildman–Crippen MR) is 107 cm³/mol. The summed E-state index contributed by atoms with van der Waals surface area (Å²) in [7, 11) is 0. The number of benzene rings is 2. The van der Waals surface area contributed by atoms with Gasteiger partial charge < -0.3 is 10.6 Å². The van der Waals surface area contributed by atoms with Crippen molar-refractivity contribution in [3.8, 4) is 0 Å². The average molecular weight is 407 g/mol. The fourth-order valence-electron chi connectivity index (χ4n) is 2.41. The SMILES string of the molecule is CC(C)(NC(=O)c1nnsc1Nc1cccc(Cl)c1)c1cccc(Cl)c1. The monoisotopic (exact) mass is 406 g/mol. The van der Waals surface area contributed by atoms with Gasteiger partial charge in [0.2, 0.25) is 0 Å². The molecule has 0 atom stereocenters. The molecule has 0 aliphatic carbocycles. The van der Waals surface area contributed by atoms with E-state index in [0.717, 1.165) is 22.8 Å². The van der Waals surface area contributed by atoms with Crippen LogP contribution in [0.25, 0.3) is 0 Å². The molecule has 1 aromatic heterocycles. The fraction of sp³-hybridized carbons (Fsp3) is 0.167. The van der Waals surface area contributed by atoms with Gasteiger partial charge in [0, 0.05) is 27.3 Å². The van der Waals surface area contributed by atoms with E-state index >= 15 is 0 Å². The fourth-order valence-corrected chi connectivity index (χ4v) is 3.38. The lowest BCUT2D eigenvalue weighted by atomic mass is 9.94. The zero-order chi connectivity index (χ0) is 18.7. The molecule has 0 aliphatic heterocycles. The number of carbonyl (C=O) groups is 1. The standard InChI is InChI=1S/C18H16Cl2N4OS/c1-18(2,11-5-3-6-12(19)9-11)22-16(25)15-17(26-24-23-15)21-14-8-4-7-13(20)10-14/h3-10,21H,1-2H3,(H,22,25). The molecule has 1 heterocycles. The highest BCUT2D eigenvalue weighted by atomic mass is 35.5. The molecular formula is C18H16Cl2N4OS. The van der Waals surface area contributed by atoms with E-state index in [9.17, 15) is 4.79 Å². The Morgan fingerprint density at radius 1 is 1.08 bits per heavy atom. The highest BCUT2D eigenvalue weighted by molar-refractivity contribution is 7.10. The molecule has 1 amide bonds. The number of halogens is 2. The minimum absolute atomic E-state index is 0.227. The lowest BCUT2D eigenvalue weighted by Crippen LogP contribution is -2.41. The van der Waals surface area contributed by atoms with Crippen molar-refractivity contribution in [2.45, 2.75) is 19.4 Å². The Bertz CT molecular complexity index is 942. The van der Waals surface area contributed by atoms with E-state index in [0.29, 0.717) is 15.0 Å². The quantitative estimate of drug-likeness (QED) is 0.606. The molecule has 0 saturated heterocycles. The third kappa shape index (κ3) is 4.33. The summed E-state index contributed by atoms with van der Waals surface area (Å²) in [6, 6.07) is 14.6. The molecule has 8 heteroatoms. The van der Waals surface area contributed by atoms with Crippen LogP contribution in [0, 0.1) is 0 Å². The Balaban J connectivity index is 1.80. The zero-order valence-electron chi connectivity index (χ0n) is 14.1. The van der Waals surface area contributed by atoms with Crippen LogP contribution in [-0.4, -0.2) is 15.5 Å². The van der Waals surface area contributed by atoms with Crippen molar-refractivity contribution in [1.29, 1.82) is 0 Å². The minimum Gasteiger partial charge on any atom is -0.344 e.